The van der Waals surface area contributed by atoms with Gasteiger partial charge in [-0.25, -0.2) is 0 Å². The quantitative estimate of drug-likeness (QED) is 0.752. The molecule has 27 heavy (non-hydrogen) atoms. The summed E-state index contributed by atoms with van der Waals surface area (Å²) < 4.78 is 7.38. The largest absolute Gasteiger partial charge is 0.381 e. The molecule has 4 fully saturated rings. The predicted molar refractivity (Wildman–Crippen MR) is 92.7 cm³/mol. The highest BCUT2D eigenvalue weighted by atomic mass is 16.5. The van der Waals surface area contributed by atoms with E-state index in [9.17, 15) is 9.59 Å². The first kappa shape index (κ1) is 16.0. The van der Waals surface area contributed by atoms with Gasteiger partial charge >= 0.3 is 0 Å². The van der Waals surface area contributed by atoms with Crippen molar-refractivity contribution in [2.75, 3.05) is 39.4 Å². The number of carbonyl (C=O) groups excluding carboxylic acids is 2. The van der Waals surface area contributed by atoms with Crippen LogP contribution < -0.4 is 5.32 Å². The van der Waals surface area contributed by atoms with E-state index < -0.39 is 0 Å². The molecule has 2 saturated heterocycles. The van der Waals surface area contributed by atoms with E-state index in [4.69, 9.17) is 4.74 Å². The van der Waals surface area contributed by atoms with Gasteiger partial charge in [0.05, 0.1) is 19.3 Å². The van der Waals surface area contributed by atoms with Crippen LogP contribution in [0.15, 0.2) is 0 Å². The van der Waals surface area contributed by atoms with Gasteiger partial charge in [-0.3, -0.25) is 14.5 Å². The van der Waals surface area contributed by atoms with Crippen molar-refractivity contribution in [3.8, 4) is 0 Å². The van der Waals surface area contributed by atoms with Crippen molar-refractivity contribution >= 4 is 11.8 Å². The third-order valence-corrected chi connectivity index (χ3v) is 6.84. The van der Waals surface area contributed by atoms with E-state index in [0.717, 1.165) is 58.1 Å². The highest BCUT2D eigenvalue weighted by Gasteiger charge is 2.59. The lowest BCUT2D eigenvalue weighted by Gasteiger charge is -2.43. The summed E-state index contributed by atoms with van der Waals surface area (Å²) in [5.41, 5.74) is 0. The Bertz CT molecular complexity index is 795. The normalized spacial score (nSPS) is 34.6. The average Bonchev–Trinajstić information content (AvgIpc) is 3.51. The molecule has 1 aromatic heterocycles. The Hall–Kier alpha value is -2.00. The fourth-order valence-electron chi connectivity index (χ4n) is 5.01. The van der Waals surface area contributed by atoms with Gasteiger partial charge in [0.1, 0.15) is 0 Å². The summed E-state index contributed by atoms with van der Waals surface area (Å²) in [5, 5.41) is 11.5. The smallest absolute Gasteiger partial charge is 0.289 e. The zero-order chi connectivity index (χ0) is 18.1. The van der Waals surface area contributed by atoms with Crippen molar-refractivity contribution in [2.24, 2.45) is 17.8 Å². The van der Waals surface area contributed by atoms with Crippen LogP contribution >= 0.6 is 0 Å². The van der Waals surface area contributed by atoms with Gasteiger partial charge < -0.3 is 19.5 Å². The lowest BCUT2D eigenvalue weighted by molar-refractivity contribution is -0.137. The third-order valence-electron chi connectivity index (χ3n) is 6.84. The summed E-state index contributed by atoms with van der Waals surface area (Å²) in [6, 6.07) is 0.330. The Kier molecular flexibility index (Phi) is 3.41. The molecule has 0 radical (unpaired) electrons. The first-order valence-electron chi connectivity index (χ1n) is 10.1. The van der Waals surface area contributed by atoms with E-state index >= 15 is 0 Å². The molecule has 9 heteroatoms. The molecular formula is C18H24N6O3. The van der Waals surface area contributed by atoms with Crippen LogP contribution in [0, 0.1) is 17.8 Å². The number of nitrogens with one attached hydrogen (secondary N) is 1. The van der Waals surface area contributed by atoms with Crippen molar-refractivity contribution in [1.29, 1.82) is 0 Å². The van der Waals surface area contributed by atoms with E-state index in [1.54, 1.807) is 0 Å². The van der Waals surface area contributed by atoms with Gasteiger partial charge in [0.2, 0.25) is 11.7 Å². The van der Waals surface area contributed by atoms with Crippen LogP contribution in [0.1, 0.15) is 35.3 Å². The molecule has 4 heterocycles. The van der Waals surface area contributed by atoms with Crippen LogP contribution in [0.25, 0.3) is 0 Å². The van der Waals surface area contributed by atoms with Crippen molar-refractivity contribution in [1.82, 2.24) is 29.9 Å². The number of ether oxygens (including phenoxy) is 1. The Morgan fingerprint density at radius 3 is 2.59 bits per heavy atom. The number of piperazine rings is 1. The molecule has 5 aliphatic rings. The average molecular weight is 372 g/mol. The number of nitrogens with zero attached hydrogens (tertiary/aromatic N) is 5. The van der Waals surface area contributed by atoms with E-state index in [0.29, 0.717) is 30.2 Å². The van der Waals surface area contributed by atoms with Gasteiger partial charge in [-0.15, -0.1) is 10.2 Å². The van der Waals surface area contributed by atoms with Crippen LogP contribution in [0.5, 0.6) is 0 Å². The number of rotatable bonds is 3. The predicted octanol–water partition coefficient (Wildman–Crippen LogP) is -0.738. The van der Waals surface area contributed by atoms with Crippen LogP contribution in [0.2, 0.25) is 0 Å². The van der Waals surface area contributed by atoms with Gasteiger partial charge in [0, 0.05) is 44.7 Å². The van der Waals surface area contributed by atoms with Crippen molar-refractivity contribution in [3.05, 3.63) is 11.6 Å². The summed E-state index contributed by atoms with van der Waals surface area (Å²) in [4.78, 5) is 29.8. The molecule has 9 nitrogen and oxygen atoms in total. The highest BCUT2D eigenvalue weighted by molar-refractivity contribution is 5.91. The number of aromatic nitrogens is 3. The van der Waals surface area contributed by atoms with Gasteiger partial charge in [0.15, 0.2) is 5.82 Å². The molecule has 0 spiro atoms. The Morgan fingerprint density at radius 1 is 1.04 bits per heavy atom. The molecular weight excluding hydrogens is 348 g/mol. The van der Waals surface area contributed by atoms with Crippen molar-refractivity contribution in [3.63, 3.8) is 0 Å². The molecule has 2 aliphatic carbocycles. The molecule has 6 rings (SSSR count). The minimum atomic E-state index is -0.126. The maximum absolute atomic E-state index is 12.9. The van der Waals surface area contributed by atoms with Crippen molar-refractivity contribution < 1.29 is 14.3 Å². The molecule has 4 atom stereocenters. The second-order valence-electron chi connectivity index (χ2n) is 8.51. The molecule has 2 saturated carbocycles. The lowest BCUT2D eigenvalue weighted by atomic mass is 10.1. The number of carbonyl (C=O) groups is 2. The topological polar surface area (TPSA) is 92.6 Å². The van der Waals surface area contributed by atoms with E-state index in [1.807, 2.05) is 9.47 Å². The fourth-order valence-corrected chi connectivity index (χ4v) is 5.01. The van der Waals surface area contributed by atoms with Crippen LogP contribution in [0.4, 0.5) is 0 Å². The maximum atomic E-state index is 12.9. The maximum Gasteiger partial charge on any atom is 0.289 e. The second-order valence-corrected chi connectivity index (χ2v) is 8.51. The Balaban J connectivity index is 1.20. The van der Waals surface area contributed by atoms with Gasteiger partial charge in [-0.05, 0) is 24.7 Å². The standard InChI is InChI=1S/C18H24N6O3/c25-17(19-10-1-2-10)16-21-20-15-13-7-23(4-3-22(13)5-6-24(15)16)18(26)14-11-8-27-9-12(11)14/h10-14H,1-9H2,(H,19,25)/t11-,12+,13-,14?/m0/s1. The van der Waals surface area contributed by atoms with Crippen molar-refractivity contribution in [2.45, 2.75) is 31.5 Å². The first-order chi connectivity index (χ1) is 13.2. The van der Waals surface area contributed by atoms with Gasteiger partial charge in [0.25, 0.3) is 5.91 Å². The molecule has 1 N–H and O–H groups in total. The Labute approximate surface area is 157 Å². The highest BCUT2D eigenvalue weighted by Crippen LogP contribution is 2.51. The Morgan fingerprint density at radius 2 is 1.81 bits per heavy atom. The minimum absolute atomic E-state index is 0.0289. The second kappa shape index (κ2) is 5.75. The van der Waals surface area contributed by atoms with Gasteiger partial charge in [-0.2, -0.15) is 0 Å². The summed E-state index contributed by atoms with van der Waals surface area (Å²) in [6.45, 7) is 5.32. The zero-order valence-electron chi connectivity index (χ0n) is 15.2. The monoisotopic (exact) mass is 372 g/mol. The van der Waals surface area contributed by atoms with E-state index in [-0.39, 0.29) is 23.8 Å². The lowest BCUT2D eigenvalue weighted by Crippen LogP contribution is -2.54. The molecule has 1 aromatic rings. The van der Waals surface area contributed by atoms with Crippen LogP contribution in [0.3, 0.4) is 0 Å². The zero-order valence-corrected chi connectivity index (χ0v) is 15.2. The summed E-state index contributed by atoms with van der Waals surface area (Å²) in [6.07, 6.45) is 2.10. The first-order valence-corrected chi connectivity index (χ1v) is 10.1. The van der Waals surface area contributed by atoms with Crippen LogP contribution in [-0.2, 0) is 16.1 Å². The number of fused-ring (bicyclic) bond motifs is 4. The number of hydrogen-bond donors (Lipinski definition) is 1. The third kappa shape index (κ3) is 2.51. The summed E-state index contributed by atoms with van der Waals surface area (Å²) in [7, 11) is 0. The van der Waals surface area contributed by atoms with E-state index in [2.05, 4.69) is 20.4 Å². The molecule has 0 bridgehead atoms. The molecule has 0 aromatic carbocycles. The summed E-state index contributed by atoms with van der Waals surface area (Å²) >= 11 is 0. The van der Waals surface area contributed by atoms with Gasteiger partial charge in [-0.1, -0.05) is 0 Å². The number of amides is 2. The SMILES string of the molecule is O=C(NC1CC1)c1nnc2n1CCN1CCN(C(=O)C3[C@H]4COC[C@@H]34)C[C@@H]21. The minimum Gasteiger partial charge on any atom is -0.381 e. The summed E-state index contributed by atoms with van der Waals surface area (Å²) in [5.74, 6) is 2.40. The van der Waals surface area contributed by atoms with Crippen LogP contribution in [-0.4, -0.2) is 81.8 Å². The molecule has 144 valence electrons. The van der Waals surface area contributed by atoms with E-state index in [1.165, 1.54) is 0 Å². The number of hydrogen-bond acceptors (Lipinski definition) is 6. The molecule has 3 aliphatic heterocycles. The molecule has 1 unspecified atom stereocenters. The molecule has 2 amide bonds. The fraction of sp³-hybridized carbons (Fsp3) is 0.778.